The average Bonchev–Trinajstić information content (AvgIpc) is 2.80. The number of methoxy groups -OCH3 is 1. The predicted octanol–water partition coefficient (Wildman–Crippen LogP) is 2.27. The summed E-state index contributed by atoms with van der Waals surface area (Å²) in [7, 11) is 1.63. The Morgan fingerprint density at radius 1 is 1.47 bits per heavy atom. The molecule has 0 fully saturated rings. The number of rotatable bonds is 3. The summed E-state index contributed by atoms with van der Waals surface area (Å²) in [4.78, 5) is 4.19. The lowest BCUT2D eigenvalue weighted by molar-refractivity contribution is 0.380. The van der Waals surface area contributed by atoms with Gasteiger partial charge in [-0.2, -0.15) is 4.98 Å². The van der Waals surface area contributed by atoms with Crippen molar-refractivity contribution >= 4 is 15.9 Å². The maximum atomic E-state index is 5.43. The van der Waals surface area contributed by atoms with Gasteiger partial charge in [0.15, 0.2) is 0 Å². The van der Waals surface area contributed by atoms with Crippen LogP contribution in [0.4, 0.5) is 0 Å². The van der Waals surface area contributed by atoms with Gasteiger partial charge in [-0.05, 0) is 40.5 Å². The Kier molecular flexibility index (Phi) is 3.44. The van der Waals surface area contributed by atoms with Crippen LogP contribution in [0.3, 0.4) is 0 Å². The number of aryl methyl sites for hydroxylation is 1. The highest BCUT2D eigenvalue weighted by Gasteiger charge is 2.13. The number of ether oxygens (including phenoxy) is 1. The second kappa shape index (κ2) is 4.85. The summed E-state index contributed by atoms with van der Waals surface area (Å²) in [5, 5.41) is 3.89. The molecular formula is C11H12BrN3O2. The second-order valence-corrected chi connectivity index (χ2v) is 4.37. The molecule has 0 radical (unpaired) electrons. The standard InChI is InChI=1S/C11H12BrN3O2/c1-6-3-9(16-2)8(12)4-7(6)11-14-10(5-13)17-15-11/h3-4H,5,13H2,1-2H3. The summed E-state index contributed by atoms with van der Waals surface area (Å²) < 4.78 is 11.0. The molecule has 0 bridgehead atoms. The number of nitrogens with two attached hydrogens (primary N) is 1. The van der Waals surface area contributed by atoms with Gasteiger partial charge in [-0.3, -0.25) is 0 Å². The number of hydrogen-bond acceptors (Lipinski definition) is 5. The minimum atomic E-state index is 0.239. The van der Waals surface area contributed by atoms with E-state index in [0.717, 1.165) is 21.3 Å². The van der Waals surface area contributed by atoms with E-state index in [4.69, 9.17) is 15.0 Å². The first kappa shape index (κ1) is 12.1. The molecule has 1 aromatic heterocycles. The molecule has 0 aliphatic rings. The van der Waals surface area contributed by atoms with Gasteiger partial charge in [0.1, 0.15) is 5.75 Å². The normalized spacial score (nSPS) is 10.6. The molecule has 90 valence electrons. The molecule has 0 spiro atoms. The van der Waals surface area contributed by atoms with Crippen LogP contribution < -0.4 is 10.5 Å². The molecule has 6 heteroatoms. The summed E-state index contributed by atoms with van der Waals surface area (Å²) >= 11 is 3.43. The van der Waals surface area contributed by atoms with Gasteiger partial charge in [-0.15, -0.1) is 0 Å². The Labute approximate surface area is 107 Å². The maximum absolute atomic E-state index is 5.43. The third-order valence-corrected chi connectivity index (χ3v) is 3.00. The van der Waals surface area contributed by atoms with Crippen molar-refractivity contribution in [1.82, 2.24) is 10.1 Å². The molecule has 0 atom stereocenters. The molecule has 2 N–H and O–H groups in total. The van der Waals surface area contributed by atoms with Gasteiger partial charge >= 0.3 is 0 Å². The predicted molar refractivity (Wildman–Crippen MR) is 66.6 cm³/mol. The average molecular weight is 298 g/mol. The Balaban J connectivity index is 2.48. The van der Waals surface area contributed by atoms with Crippen molar-refractivity contribution in [3.63, 3.8) is 0 Å². The number of hydrogen-bond donors (Lipinski definition) is 1. The molecule has 5 nitrogen and oxygen atoms in total. The van der Waals surface area contributed by atoms with Crippen LogP contribution in [0, 0.1) is 6.92 Å². The first-order valence-corrected chi connectivity index (χ1v) is 5.82. The highest BCUT2D eigenvalue weighted by Crippen LogP contribution is 2.32. The van der Waals surface area contributed by atoms with Gasteiger partial charge < -0.3 is 15.0 Å². The van der Waals surface area contributed by atoms with E-state index < -0.39 is 0 Å². The van der Waals surface area contributed by atoms with Crippen molar-refractivity contribution in [1.29, 1.82) is 0 Å². The van der Waals surface area contributed by atoms with Gasteiger partial charge in [0.05, 0.1) is 18.1 Å². The van der Waals surface area contributed by atoms with Crippen LogP contribution in [-0.2, 0) is 6.54 Å². The van der Waals surface area contributed by atoms with E-state index in [1.54, 1.807) is 7.11 Å². The molecule has 0 saturated carbocycles. The number of aromatic nitrogens is 2. The summed E-state index contributed by atoms with van der Waals surface area (Å²) in [5.41, 5.74) is 7.33. The van der Waals surface area contributed by atoms with Crippen LogP contribution in [0.1, 0.15) is 11.5 Å². The lowest BCUT2D eigenvalue weighted by Crippen LogP contribution is -1.96. The summed E-state index contributed by atoms with van der Waals surface area (Å²) in [6, 6.07) is 3.82. The van der Waals surface area contributed by atoms with Gasteiger partial charge in [-0.25, -0.2) is 0 Å². The molecule has 0 aliphatic carbocycles. The van der Waals surface area contributed by atoms with E-state index in [-0.39, 0.29) is 6.54 Å². The Bertz CT molecular complexity index is 540. The van der Waals surface area contributed by atoms with Crippen molar-refractivity contribution in [2.24, 2.45) is 5.73 Å². The van der Waals surface area contributed by atoms with Crippen LogP contribution in [-0.4, -0.2) is 17.3 Å². The largest absolute Gasteiger partial charge is 0.496 e. The molecule has 0 unspecified atom stereocenters. The van der Waals surface area contributed by atoms with Crippen molar-refractivity contribution in [3.05, 3.63) is 28.1 Å². The van der Waals surface area contributed by atoms with E-state index in [2.05, 4.69) is 26.1 Å². The van der Waals surface area contributed by atoms with Gasteiger partial charge in [0.25, 0.3) is 0 Å². The van der Waals surface area contributed by atoms with E-state index in [0.29, 0.717) is 11.7 Å². The number of halogens is 1. The Hall–Kier alpha value is -1.40. The molecule has 1 heterocycles. The minimum absolute atomic E-state index is 0.239. The quantitative estimate of drug-likeness (QED) is 0.941. The van der Waals surface area contributed by atoms with Crippen LogP contribution in [0.15, 0.2) is 21.1 Å². The number of benzene rings is 1. The fourth-order valence-electron chi connectivity index (χ4n) is 1.50. The number of nitrogens with zero attached hydrogens (tertiary/aromatic N) is 2. The van der Waals surface area contributed by atoms with Gasteiger partial charge in [0, 0.05) is 5.56 Å². The highest BCUT2D eigenvalue weighted by atomic mass is 79.9. The molecule has 2 rings (SSSR count). The third kappa shape index (κ3) is 2.32. The summed E-state index contributed by atoms with van der Waals surface area (Å²) in [6.07, 6.45) is 0. The SMILES string of the molecule is COc1cc(C)c(-c2noc(CN)n2)cc1Br. The van der Waals surface area contributed by atoms with Gasteiger partial charge in [-0.1, -0.05) is 5.16 Å². The third-order valence-electron chi connectivity index (χ3n) is 2.38. The van der Waals surface area contributed by atoms with E-state index in [1.165, 1.54) is 0 Å². The smallest absolute Gasteiger partial charge is 0.240 e. The van der Waals surface area contributed by atoms with Crippen LogP contribution in [0.25, 0.3) is 11.4 Å². The van der Waals surface area contributed by atoms with Crippen molar-refractivity contribution < 1.29 is 9.26 Å². The Morgan fingerprint density at radius 3 is 2.82 bits per heavy atom. The molecule has 0 aliphatic heterocycles. The van der Waals surface area contributed by atoms with Crippen molar-refractivity contribution in [2.75, 3.05) is 7.11 Å². The zero-order valence-electron chi connectivity index (χ0n) is 9.53. The van der Waals surface area contributed by atoms with Crippen LogP contribution >= 0.6 is 15.9 Å². The van der Waals surface area contributed by atoms with Gasteiger partial charge in [0.2, 0.25) is 11.7 Å². The maximum Gasteiger partial charge on any atom is 0.240 e. The topological polar surface area (TPSA) is 74.2 Å². The van der Waals surface area contributed by atoms with E-state index in [1.807, 2.05) is 19.1 Å². The molecule has 2 aromatic rings. The fourth-order valence-corrected chi connectivity index (χ4v) is 2.00. The summed E-state index contributed by atoms with van der Waals surface area (Å²) in [6.45, 7) is 2.20. The summed E-state index contributed by atoms with van der Waals surface area (Å²) in [5.74, 6) is 1.73. The zero-order chi connectivity index (χ0) is 12.4. The first-order chi connectivity index (χ1) is 8.15. The van der Waals surface area contributed by atoms with Crippen LogP contribution in [0.5, 0.6) is 5.75 Å². The monoisotopic (exact) mass is 297 g/mol. The van der Waals surface area contributed by atoms with Crippen molar-refractivity contribution in [3.8, 4) is 17.1 Å². The molecule has 1 aromatic carbocycles. The Morgan fingerprint density at radius 2 is 2.24 bits per heavy atom. The highest BCUT2D eigenvalue weighted by molar-refractivity contribution is 9.10. The zero-order valence-corrected chi connectivity index (χ0v) is 11.1. The molecule has 0 saturated heterocycles. The van der Waals surface area contributed by atoms with Crippen molar-refractivity contribution in [2.45, 2.75) is 13.5 Å². The molecule has 17 heavy (non-hydrogen) atoms. The second-order valence-electron chi connectivity index (χ2n) is 3.52. The van der Waals surface area contributed by atoms with E-state index >= 15 is 0 Å². The fraction of sp³-hybridized carbons (Fsp3) is 0.273. The van der Waals surface area contributed by atoms with Crippen LogP contribution in [0.2, 0.25) is 0 Å². The lowest BCUT2D eigenvalue weighted by atomic mass is 10.1. The first-order valence-electron chi connectivity index (χ1n) is 5.03. The molecular weight excluding hydrogens is 286 g/mol. The minimum Gasteiger partial charge on any atom is -0.496 e. The molecule has 0 amide bonds. The van der Waals surface area contributed by atoms with E-state index in [9.17, 15) is 0 Å². The lowest BCUT2D eigenvalue weighted by Gasteiger charge is -2.07.